The minimum Gasteiger partial charge on any atom is -0.273 e. The molecule has 2 rings (SSSR count). The van der Waals surface area contributed by atoms with E-state index >= 15 is 0 Å². The molecule has 1 aliphatic heterocycles. The van der Waals surface area contributed by atoms with Gasteiger partial charge in [-0.05, 0) is 31.1 Å². The molecule has 1 aliphatic carbocycles. The topological polar surface area (TPSA) is 32.7 Å². The Morgan fingerprint density at radius 3 is 2.76 bits per heavy atom. The van der Waals surface area contributed by atoms with Gasteiger partial charge in [-0.3, -0.25) is 4.79 Å². The Hall–Kier alpha value is -1.12. The Morgan fingerprint density at radius 1 is 1.47 bits per heavy atom. The van der Waals surface area contributed by atoms with Gasteiger partial charge in [0.15, 0.2) is 0 Å². The summed E-state index contributed by atoms with van der Waals surface area (Å²) in [5, 5.41) is 5.90. The third-order valence-corrected chi connectivity index (χ3v) is 4.09. The Morgan fingerprint density at radius 2 is 2.18 bits per heavy atom. The molecule has 0 aromatic carbocycles. The van der Waals surface area contributed by atoms with Crippen molar-refractivity contribution in [1.82, 2.24) is 5.01 Å². The highest BCUT2D eigenvalue weighted by atomic mass is 16.2. The number of nitrogens with zero attached hydrogens (tertiary/aromatic N) is 2. The molecule has 0 spiro atoms. The predicted molar refractivity (Wildman–Crippen MR) is 69.6 cm³/mol. The zero-order valence-corrected chi connectivity index (χ0v) is 11.2. The molecule has 3 nitrogen and oxygen atoms in total. The zero-order chi connectivity index (χ0) is 12.6. The molecule has 1 amide bonds. The number of hydrazone groups is 1. The van der Waals surface area contributed by atoms with Gasteiger partial charge in [0.2, 0.25) is 5.91 Å². The summed E-state index contributed by atoms with van der Waals surface area (Å²) in [6.07, 6.45) is 6.31. The summed E-state index contributed by atoms with van der Waals surface area (Å²) < 4.78 is 0. The van der Waals surface area contributed by atoms with Crippen LogP contribution in [0.25, 0.3) is 0 Å². The van der Waals surface area contributed by atoms with E-state index in [1.807, 2.05) is 6.21 Å². The van der Waals surface area contributed by atoms with Gasteiger partial charge in [-0.1, -0.05) is 25.5 Å². The lowest BCUT2D eigenvalue weighted by Gasteiger charge is -2.39. The number of carbonyl (C=O) groups excluding carboxylic acids is 1. The van der Waals surface area contributed by atoms with Crippen LogP contribution in [0.1, 0.15) is 40.5 Å². The summed E-state index contributed by atoms with van der Waals surface area (Å²) in [4.78, 5) is 11.6. The summed E-state index contributed by atoms with van der Waals surface area (Å²) >= 11 is 0. The minimum absolute atomic E-state index is 0.0643. The van der Waals surface area contributed by atoms with Gasteiger partial charge in [0.05, 0.1) is 6.04 Å². The van der Waals surface area contributed by atoms with Crippen LogP contribution in [0.15, 0.2) is 16.8 Å². The van der Waals surface area contributed by atoms with Crippen LogP contribution in [0, 0.1) is 17.8 Å². The maximum atomic E-state index is 11.6. The van der Waals surface area contributed by atoms with Gasteiger partial charge in [-0.15, -0.1) is 0 Å². The van der Waals surface area contributed by atoms with Crippen molar-refractivity contribution >= 4 is 12.1 Å². The maximum Gasteiger partial charge on any atom is 0.239 e. The number of hydrogen-bond donors (Lipinski definition) is 0. The van der Waals surface area contributed by atoms with E-state index in [-0.39, 0.29) is 11.9 Å². The second-order valence-electron chi connectivity index (χ2n) is 5.60. The maximum absolute atomic E-state index is 11.6. The van der Waals surface area contributed by atoms with E-state index in [0.29, 0.717) is 17.8 Å². The van der Waals surface area contributed by atoms with Crippen LogP contribution in [0.2, 0.25) is 0 Å². The smallest absolute Gasteiger partial charge is 0.239 e. The summed E-state index contributed by atoms with van der Waals surface area (Å²) in [5.41, 5.74) is 1.48. The minimum atomic E-state index is 0.0643. The molecule has 1 heterocycles. The third-order valence-electron chi connectivity index (χ3n) is 4.09. The van der Waals surface area contributed by atoms with Crippen molar-refractivity contribution in [3.05, 3.63) is 11.6 Å². The zero-order valence-electron chi connectivity index (χ0n) is 11.2. The van der Waals surface area contributed by atoms with Gasteiger partial charge in [-0.2, -0.15) is 5.10 Å². The van der Waals surface area contributed by atoms with E-state index in [4.69, 9.17) is 0 Å². The highest BCUT2D eigenvalue weighted by Crippen LogP contribution is 2.39. The molecule has 0 N–H and O–H groups in total. The fourth-order valence-electron chi connectivity index (χ4n) is 3.58. The third kappa shape index (κ3) is 2.28. The van der Waals surface area contributed by atoms with Crippen molar-refractivity contribution in [1.29, 1.82) is 0 Å². The molecule has 0 saturated carbocycles. The van der Waals surface area contributed by atoms with E-state index in [1.54, 1.807) is 11.9 Å². The second-order valence-corrected chi connectivity index (χ2v) is 5.60. The van der Waals surface area contributed by atoms with Crippen molar-refractivity contribution in [2.24, 2.45) is 22.9 Å². The highest BCUT2D eigenvalue weighted by molar-refractivity contribution is 5.77. The molecule has 4 atom stereocenters. The highest BCUT2D eigenvalue weighted by Gasteiger charge is 2.39. The molecule has 0 bridgehead atoms. The van der Waals surface area contributed by atoms with Gasteiger partial charge in [0.1, 0.15) is 0 Å². The van der Waals surface area contributed by atoms with Crippen LogP contribution >= 0.6 is 0 Å². The van der Waals surface area contributed by atoms with Crippen LogP contribution in [-0.4, -0.2) is 23.2 Å². The van der Waals surface area contributed by atoms with E-state index < -0.39 is 0 Å². The SMILES string of the molecule is CC(=O)N1N=CCC1C1C(C)C=C(C)CC1C. The lowest BCUT2D eigenvalue weighted by Crippen LogP contribution is -2.43. The molecule has 3 heteroatoms. The summed E-state index contributed by atoms with van der Waals surface area (Å²) in [7, 11) is 0. The fourth-order valence-corrected chi connectivity index (χ4v) is 3.58. The molecule has 17 heavy (non-hydrogen) atoms. The van der Waals surface area contributed by atoms with Crippen molar-refractivity contribution in [2.75, 3.05) is 0 Å². The van der Waals surface area contributed by atoms with Crippen LogP contribution in [-0.2, 0) is 4.79 Å². The van der Waals surface area contributed by atoms with Gasteiger partial charge in [-0.25, -0.2) is 5.01 Å². The van der Waals surface area contributed by atoms with Crippen molar-refractivity contribution in [3.63, 3.8) is 0 Å². The monoisotopic (exact) mass is 234 g/mol. The molecule has 0 aromatic rings. The summed E-state index contributed by atoms with van der Waals surface area (Å²) in [6.45, 7) is 8.38. The number of rotatable bonds is 1. The lowest BCUT2D eigenvalue weighted by atomic mass is 9.70. The largest absolute Gasteiger partial charge is 0.273 e. The quantitative estimate of drug-likeness (QED) is 0.642. The van der Waals surface area contributed by atoms with Crippen molar-refractivity contribution < 1.29 is 4.79 Å². The van der Waals surface area contributed by atoms with Crippen molar-refractivity contribution in [3.8, 4) is 0 Å². The van der Waals surface area contributed by atoms with Gasteiger partial charge in [0.25, 0.3) is 0 Å². The average Bonchev–Trinajstić information content (AvgIpc) is 2.64. The molecule has 0 saturated heterocycles. The Balaban J connectivity index is 2.20. The van der Waals surface area contributed by atoms with Crippen molar-refractivity contribution in [2.45, 2.75) is 46.6 Å². The Bertz CT molecular complexity index is 372. The van der Waals surface area contributed by atoms with Gasteiger partial charge >= 0.3 is 0 Å². The number of allylic oxidation sites excluding steroid dienone is 2. The standard InChI is InChI=1S/C14H22N2O/c1-9-7-10(2)14(11(3)8-9)13-5-6-15-16(13)12(4)17/h6-7,10-11,13-14H,5,8H2,1-4H3. The lowest BCUT2D eigenvalue weighted by molar-refractivity contribution is -0.132. The molecule has 0 fully saturated rings. The average molecular weight is 234 g/mol. The first kappa shape index (κ1) is 12.3. The van der Waals surface area contributed by atoms with Crippen LogP contribution < -0.4 is 0 Å². The molecule has 4 unspecified atom stereocenters. The van der Waals surface area contributed by atoms with E-state index in [2.05, 4.69) is 31.9 Å². The molecule has 94 valence electrons. The van der Waals surface area contributed by atoms with Crippen LogP contribution in [0.5, 0.6) is 0 Å². The number of carbonyl (C=O) groups is 1. The van der Waals surface area contributed by atoms with Crippen LogP contribution in [0.4, 0.5) is 0 Å². The molecule has 0 aromatic heterocycles. The van der Waals surface area contributed by atoms with Gasteiger partial charge < -0.3 is 0 Å². The molecule has 0 radical (unpaired) electrons. The molecule has 2 aliphatic rings. The molecular formula is C14H22N2O. The molecular weight excluding hydrogens is 212 g/mol. The van der Waals surface area contributed by atoms with E-state index in [0.717, 1.165) is 12.8 Å². The summed E-state index contributed by atoms with van der Waals surface area (Å²) in [5.74, 6) is 1.76. The number of hydrogen-bond acceptors (Lipinski definition) is 2. The first-order valence-electron chi connectivity index (χ1n) is 6.50. The first-order chi connectivity index (χ1) is 8.00. The Kier molecular flexibility index (Phi) is 3.36. The van der Waals surface area contributed by atoms with Crippen LogP contribution in [0.3, 0.4) is 0 Å². The fraction of sp³-hybridized carbons (Fsp3) is 0.714. The van der Waals surface area contributed by atoms with E-state index in [9.17, 15) is 4.79 Å². The van der Waals surface area contributed by atoms with E-state index in [1.165, 1.54) is 5.57 Å². The van der Waals surface area contributed by atoms with Gasteiger partial charge in [0, 0.05) is 19.6 Å². The summed E-state index contributed by atoms with van der Waals surface area (Å²) in [6, 6.07) is 0.266. The number of amides is 1. The normalized spacial score (nSPS) is 37.2. The second kappa shape index (κ2) is 4.63. The Labute approximate surface area is 104 Å². The predicted octanol–water partition coefficient (Wildman–Crippen LogP) is 2.83. The first-order valence-corrected chi connectivity index (χ1v) is 6.50.